The minimum absolute atomic E-state index is 0.257. The lowest BCUT2D eigenvalue weighted by atomic mass is 9.86. The zero-order valence-electron chi connectivity index (χ0n) is 13.4. The molecule has 3 aromatic rings. The molecule has 24 heavy (non-hydrogen) atoms. The molecule has 2 bridgehead atoms. The maximum absolute atomic E-state index is 6.11. The maximum Gasteiger partial charge on any atom is 0.233 e. The maximum atomic E-state index is 6.11. The van der Waals surface area contributed by atoms with Crippen LogP contribution < -0.4 is 4.74 Å². The van der Waals surface area contributed by atoms with Gasteiger partial charge in [-0.25, -0.2) is 4.98 Å². The van der Waals surface area contributed by atoms with E-state index in [1.54, 1.807) is 6.33 Å². The van der Waals surface area contributed by atoms with E-state index in [0.29, 0.717) is 11.8 Å². The van der Waals surface area contributed by atoms with Gasteiger partial charge in [0.25, 0.3) is 0 Å². The van der Waals surface area contributed by atoms with Crippen molar-refractivity contribution in [2.75, 3.05) is 19.6 Å². The number of H-pyrrole nitrogens is 1. The third kappa shape index (κ3) is 2.43. The molecule has 3 aliphatic heterocycles. The van der Waals surface area contributed by atoms with Gasteiger partial charge in [-0.05, 0) is 50.0 Å². The summed E-state index contributed by atoms with van der Waals surface area (Å²) >= 11 is 0. The summed E-state index contributed by atoms with van der Waals surface area (Å²) in [5.41, 5.74) is 3.80. The number of rotatable bonds is 3. The van der Waals surface area contributed by atoms with E-state index in [9.17, 15) is 0 Å². The molecule has 3 saturated heterocycles. The van der Waals surface area contributed by atoms with Gasteiger partial charge < -0.3 is 9.72 Å². The molecular weight excluding hydrogens is 302 g/mol. The van der Waals surface area contributed by atoms with Crippen molar-refractivity contribution in [3.8, 4) is 17.1 Å². The molecule has 2 aromatic heterocycles. The van der Waals surface area contributed by atoms with E-state index in [4.69, 9.17) is 4.74 Å². The highest BCUT2D eigenvalue weighted by Gasteiger charge is 2.35. The van der Waals surface area contributed by atoms with Gasteiger partial charge in [0.05, 0.1) is 23.1 Å². The van der Waals surface area contributed by atoms with Crippen molar-refractivity contribution in [2.45, 2.75) is 18.9 Å². The summed E-state index contributed by atoms with van der Waals surface area (Å²) in [5, 5.41) is 8.62. The summed E-state index contributed by atoms with van der Waals surface area (Å²) in [6.07, 6.45) is 4.43. The molecule has 6 rings (SSSR count). The second-order valence-electron chi connectivity index (χ2n) is 6.69. The van der Waals surface area contributed by atoms with Crippen molar-refractivity contribution in [3.63, 3.8) is 0 Å². The third-order valence-corrected chi connectivity index (χ3v) is 5.23. The van der Waals surface area contributed by atoms with Gasteiger partial charge in [0.15, 0.2) is 0 Å². The second kappa shape index (κ2) is 5.56. The van der Waals surface area contributed by atoms with Crippen LogP contribution in [-0.2, 0) is 0 Å². The van der Waals surface area contributed by atoms with Gasteiger partial charge in [-0.2, -0.15) is 0 Å². The first-order valence-electron chi connectivity index (χ1n) is 8.51. The van der Waals surface area contributed by atoms with Crippen molar-refractivity contribution < 1.29 is 4.74 Å². The van der Waals surface area contributed by atoms with Gasteiger partial charge in [0, 0.05) is 18.2 Å². The zero-order chi connectivity index (χ0) is 15.9. The fourth-order valence-corrected chi connectivity index (χ4v) is 3.83. The number of nitrogens with zero attached hydrogens (tertiary/aromatic N) is 4. The summed E-state index contributed by atoms with van der Waals surface area (Å²) < 4.78 is 6.11. The molecule has 0 aliphatic carbocycles. The lowest BCUT2D eigenvalue weighted by molar-refractivity contribution is -0.0103. The summed E-state index contributed by atoms with van der Waals surface area (Å²) in [5.74, 6) is 1.29. The van der Waals surface area contributed by atoms with Crippen LogP contribution in [0.25, 0.3) is 22.3 Å². The van der Waals surface area contributed by atoms with E-state index in [0.717, 1.165) is 28.8 Å². The van der Waals surface area contributed by atoms with E-state index in [-0.39, 0.29) is 6.10 Å². The monoisotopic (exact) mass is 321 g/mol. The number of aromatic amines is 1. The number of ether oxygens (including phenoxy) is 1. The first-order chi connectivity index (χ1) is 11.8. The third-order valence-electron chi connectivity index (χ3n) is 5.23. The molecular formula is C18H19N5O. The smallest absolute Gasteiger partial charge is 0.233 e. The molecule has 0 amide bonds. The van der Waals surface area contributed by atoms with Crippen molar-refractivity contribution in [1.82, 2.24) is 25.1 Å². The fraction of sp³-hybridized carbons (Fsp3) is 0.389. The highest BCUT2D eigenvalue weighted by Crippen LogP contribution is 2.30. The Labute approximate surface area is 139 Å². The summed E-state index contributed by atoms with van der Waals surface area (Å²) in [6, 6.07) is 9.95. The van der Waals surface area contributed by atoms with Gasteiger partial charge in [-0.1, -0.05) is 6.07 Å². The number of benzene rings is 1. The van der Waals surface area contributed by atoms with E-state index in [1.807, 2.05) is 30.3 Å². The Balaban J connectivity index is 1.35. The first kappa shape index (κ1) is 13.9. The van der Waals surface area contributed by atoms with Crippen LogP contribution in [-0.4, -0.2) is 50.8 Å². The molecule has 3 fully saturated rings. The van der Waals surface area contributed by atoms with Crippen LogP contribution in [0.5, 0.6) is 5.88 Å². The van der Waals surface area contributed by atoms with Crippen LogP contribution in [0.4, 0.5) is 0 Å². The number of aromatic nitrogens is 4. The largest absolute Gasteiger partial charge is 0.472 e. The normalized spacial score (nSPS) is 25.9. The molecule has 3 aliphatic rings. The summed E-state index contributed by atoms with van der Waals surface area (Å²) in [4.78, 5) is 9.86. The van der Waals surface area contributed by atoms with Crippen molar-refractivity contribution >= 4 is 11.0 Å². The van der Waals surface area contributed by atoms with Crippen molar-refractivity contribution in [3.05, 3.63) is 36.7 Å². The SMILES string of the molecule is c1nc2cc(-c3ccc(O[C@H]4CN5CCC4CC5)nn3)ccc2[nH]1. The topological polar surface area (TPSA) is 66.9 Å². The van der Waals surface area contributed by atoms with Crippen LogP contribution >= 0.6 is 0 Å². The van der Waals surface area contributed by atoms with Gasteiger partial charge in [-0.3, -0.25) is 4.90 Å². The molecule has 6 heteroatoms. The molecule has 122 valence electrons. The van der Waals surface area contributed by atoms with E-state index in [1.165, 1.54) is 25.9 Å². The molecule has 5 heterocycles. The predicted molar refractivity (Wildman–Crippen MR) is 90.7 cm³/mol. The lowest BCUT2D eigenvalue weighted by Crippen LogP contribution is -2.52. The number of hydrogen-bond acceptors (Lipinski definition) is 5. The molecule has 0 saturated carbocycles. The molecule has 0 radical (unpaired) electrons. The van der Waals surface area contributed by atoms with Crippen LogP contribution in [0, 0.1) is 5.92 Å². The average Bonchev–Trinajstić information content (AvgIpc) is 3.11. The Kier molecular flexibility index (Phi) is 3.23. The van der Waals surface area contributed by atoms with Crippen LogP contribution in [0.1, 0.15) is 12.8 Å². The van der Waals surface area contributed by atoms with Gasteiger partial charge in [0.1, 0.15) is 6.10 Å². The van der Waals surface area contributed by atoms with Crippen LogP contribution in [0.15, 0.2) is 36.7 Å². The van der Waals surface area contributed by atoms with Gasteiger partial charge >= 0.3 is 0 Å². The Bertz CT molecular complexity index is 851. The number of hydrogen-bond donors (Lipinski definition) is 1. The quantitative estimate of drug-likeness (QED) is 0.803. The minimum atomic E-state index is 0.257. The van der Waals surface area contributed by atoms with E-state index < -0.39 is 0 Å². The highest BCUT2D eigenvalue weighted by molar-refractivity contribution is 5.80. The predicted octanol–water partition coefficient (Wildman–Crippen LogP) is 2.49. The highest BCUT2D eigenvalue weighted by atomic mass is 16.5. The Morgan fingerprint density at radius 3 is 2.75 bits per heavy atom. The van der Waals surface area contributed by atoms with Gasteiger partial charge in [-0.15, -0.1) is 10.2 Å². The fourth-order valence-electron chi connectivity index (χ4n) is 3.83. The van der Waals surface area contributed by atoms with Crippen molar-refractivity contribution in [1.29, 1.82) is 0 Å². The number of piperidine rings is 3. The molecule has 6 nitrogen and oxygen atoms in total. The Morgan fingerprint density at radius 2 is 2.00 bits per heavy atom. The van der Waals surface area contributed by atoms with E-state index in [2.05, 4.69) is 25.1 Å². The Hall–Kier alpha value is -2.47. The number of fused-ring (bicyclic) bond motifs is 4. The zero-order valence-corrected chi connectivity index (χ0v) is 13.4. The molecule has 1 aromatic carbocycles. The van der Waals surface area contributed by atoms with Crippen molar-refractivity contribution in [2.24, 2.45) is 5.92 Å². The van der Waals surface area contributed by atoms with Gasteiger partial charge in [0.2, 0.25) is 5.88 Å². The van der Waals surface area contributed by atoms with E-state index >= 15 is 0 Å². The van der Waals surface area contributed by atoms with Crippen LogP contribution in [0.3, 0.4) is 0 Å². The molecule has 1 atom stereocenters. The number of nitrogens with one attached hydrogen (secondary N) is 1. The first-order valence-corrected chi connectivity index (χ1v) is 8.51. The second-order valence-corrected chi connectivity index (χ2v) is 6.69. The lowest BCUT2D eigenvalue weighted by Gasteiger charge is -2.44. The summed E-state index contributed by atoms with van der Waals surface area (Å²) in [6.45, 7) is 3.44. The standard InChI is InChI=1S/C18H19N5O/c1-2-15-16(20-11-19-15)9-13(1)14-3-4-18(22-21-14)24-17-10-23-7-5-12(17)6-8-23/h1-4,9,11-12,17H,5-8,10H2,(H,19,20)/t17-/m0/s1. The molecule has 0 unspecified atom stereocenters. The average molecular weight is 321 g/mol. The number of imidazole rings is 1. The van der Waals surface area contributed by atoms with Crippen LogP contribution in [0.2, 0.25) is 0 Å². The Morgan fingerprint density at radius 1 is 1.08 bits per heavy atom. The molecule has 1 N–H and O–H groups in total. The summed E-state index contributed by atoms with van der Waals surface area (Å²) in [7, 11) is 0. The minimum Gasteiger partial charge on any atom is -0.472 e. The molecule has 0 spiro atoms.